The molecule has 94 valence electrons. The molecule has 0 saturated carbocycles. The van der Waals surface area contributed by atoms with Gasteiger partial charge in [-0.2, -0.15) is 0 Å². The molecule has 19 heavy (non-hydrogen) atoms. The number of aromatic nitrogens is 1. The Balaban J connectivity index is 1.84. The molecule has 4 nitrogen and oxygen atoms in total. The summed E-state index contributed by atoms with van der Waals surface area (Å²) in [4.78, 5) is 16.1. The van der Waals surface area contributed by atoms with E-state index in [0.717, 1.165) is 0 Å². The highest BCUT2D eigenvalue weighted by Gasteiger charge is 2.08. The highest BCUT2D eigenvalue weighted by molar-refractivity contribution is 6.30. The van der Waals surface area contributed by atoms with Gasteiger partial charge >= 0.3 is 0 Å². The van der Waals surface area contributed by atoms with Gasteiger partial charge < -0.3 is 9.73 Å². The lowest BCUT2D eigenvalue weighted by molar-refractivity contribution is 0.102. The van der Waals surface area contributed by atoms with E-state index in [2.05, 4.69) is 10.3 Å². The van der Waals surface area contributed by atoms with E-state index >= 15 is 0 Å². The van der Waals surface area contributed by atoms with Gasteiger partial charge in [-0.05, 0) is 42.5 Å². The van der Waals surface area contributed by atoms with Gasteiger partial charge in [-0.1, -0.05) is 11.6 Å². The molecule has 0 radical (unpaired) electrons. The summed E-state index contributed by atoms with van der Waals surface area (Å²) in [7, 11) is 0. The maximum Gasteiger partial charge on any atom is 0.255 e. The number of amides is 1. The quantitative estimate of drug-likeness (QED) is 0.773. The highest BCUT2D eigenvalue weighted by atomic mass is 35.5. The van der Waals surface area contributed by atoms with E-state index in [-0.39, 0.29) is 5.91 Å². The Morgan fingerprint density at radius 1 is 1.16 bits per heavy atom. The molecule has 0 fully saturated rings. The molecule has 1 N–H and O–H groups in total. The standard InChI is InChI=1S/C14H9ClN2O2/c15-10-2-4-11(5-3-10)17-14(18)9-1-6-13-12(7-9)16-8-19-13/h1-8H,(H,17,18). The fraction of sp³-hybridized carbons (Fsp3) is 0. The van der Waals surface area contributed by atoms with Crippen molar-refractivity contribution in [1.82, 2.24) is 4.98 Å². The maximum atomic E-state index is 12.1. The number of nitrogens with zero attached hydrogens (tertiary/aromatic N) is 1. The van der Waals surface area contributed by atoms with E-state index in [9.17, 15) is 4.79 Å². The molecule has 0 spiro atoms. The molecule has 3 aromatic rings. The van der Waals surface area contributed by atoms with Gasteiger partial charge in [0.15, 0.2) is 12.0 Å². The second kappa shape index (κ2) is 4.74. The maximum absolute atomic E-state index is 12.1. The number of benzene rings is 2. The minimum Gasteiger partial charge on any atom is -0.443 e. The van der Waals surface area contributed by atoms with Crippen LogP contribution in [0, 0.1) is 0 Å². The summed E-state index contributed by atoms with van der Waals surface area (Å²) in [6.07, 6.45) is 1.35. The first-order valence-electron chi connectivity index (χ1n) is 5.62. The fourth-order valence-electron chi connectivity index (χ4n) is 1.74. The van der Waals surface area contributed by atoms with Crippen molar-refractivity contribution < 1.29 is 9.21 Å². The fourth-order valence-corrected chi connectivity index (χ4v) is 1.86. The van der Waals surface area contributed by atoms with Gasteiger partial charge in [0.25, 0.3) is 5.91 Å². The van der Waals surface area contributed by atoms with E-state index in [1.165, 1.54) is 6.39 Å². The summed E-state index contributed by atoms with van der Waals surface area (Å²) in [6, 6.07) is 12.0. The number of nitrogens with one attached hydrogen (secondary N) is 1. The van der Waals surface area contributed by atoms with Crippen molar-refractivity contribution in [3.8, 4) is 0 Å². The van der Waals surface area contributed by atoms with Gasteiger partial charge in [0.2, 0.25) is 0 Å². The normalized spacial score (nSPS) is 10.6. The van der Waals surface area contributed by atoms with Crippen LogP contribution in [0.5, 0.6) is 0 Å². The minimum atomic E-state index is -0.202. The van der Waals surface area contributed by atoms with Crippen molar-refractivity contribution in [2.75, 3.05) is 5.32 Å². The Hall–Kier alpha value is -2.33. The molecule has 0 aliphatic heterocycles. The summed E-state index contributed by atoms with van der Waals surface area (Å²) >= 11 is 5.79. The Morgan fingerprint density at radius 2 is 1.95 bits per heavy atom. The molecule has 1 aromatic heterocycles. The van der Waals surface area contributed by atoms with Crippen LogP contribution in [0.25, 0.3) is 11.1 Å². The number of anilines is 1. The monoisotopic (exact) mass is 272 g/mol. The first kappa shape index (κ1) is 11.7. The number of carbonyl (C=O) groups is 1. The van der Waals surface area contributed by atoms with Crippen LogP contribution in [-0.4, -0.2) is 10.9 Å². The Kier molecular flexibility index (Phi) is 2.93. The van der Waals surface area contributed by atoms with E-state index in [1.807, 2.05) is 0 Å². The summed E-state index contributed by atoms with van der Waals surface area (Å²) in [5.74, 6) is -0.202. The average Bonchev–Trinajstić information content (AvgIpc) is 2.88. The predicted octanol–water partition coefficient (Wildman–Crippen LogP) is 3.73. The zero-order valence-electron chi connectivity index (χ0n) is 9.76. The van der Waals surface area contributed by atoms with Crippen LogP contribution in [-0.2, 0) is 0 Å². The zero-order valence-corrected chi connectivity index (χ0v) is 10.5. The molecular weight excluding hydrogens is 264 g/mol. The lowest BCUT2D eigenvalue weighted by Crippen LogP contribution is -2.11. The van der Waals surface area contributed by atoms with Gasteiger partial charge in [0, 0.05) is 16.3 Å². The molecule has 0 bridgehead atoms. The van der Waals surface area contributed by atoms with Gasteiger partial charge in [-0.3, -0.25) is 4.79 Å². The van der Waals surface area contributed by atoms with Gasteiger partial charge in [-0.25, -0.2) is 4.98 Å². The largest absolute Gasteiger partial charge is 0.443 e. The topological polar surface area (TPSA) is 55.1 Å². The smallest absolute Gasteiger partial charge is 0.255 e. The zero-order chi connectivity index (χ0) is 13.2. The summed E-state index contributed by atoms with van der Waals surface area (Å²) in [5, 5.41) is 3.41. The minimum absolute atomic E-state index is 0.202. The molecule has 0 aliphatic carbocycles. The summed E-state index contributed by atoms with van der Waals surface area (Å²) < 4.78 is 5.13. The van der Waals surface area contributed by atoms with Crippen molar-refractivity contribution in [2.24, 2.45) is 0 Å². The van der Waals surface area contributed by atoms with Crippen LogP contribution in [0.4, 0.5) is 5.69 Å². The molecule has 1 amide bonds. The Morgan fingerprint density at radius 3 is 2.74 bits per heavy atom. The first-order valence-corrected chi connectivity index (χ1v) is 6.00. The second-order valence-electron chi connectivity index (χ2n) is 4.00. The number of rotatable bonds is 2. The van der Waals surface area contributed by atoms with Gasteiger partial charge in [0.1, 0.15) is 5.52 Å². The molecule has 3 rings (SSSR count). The van der Waals surface area contributed by atoms with Crippen LogP contribution < -0.4 is 5.32 Å². The molecular formula is C14H9ClN2O2. The first-order chi connectivity index (χ1) is 9.22. The Bertz CT molecular complexity index is 735. The van der Waals surface area contributed by atoms with E-state index in [1.54, 1.807) is 42.5 Å². The molecule has 0 atom stereocenters. The molecule has 0 saturated heterocycles. The van der Waals surface area contributed by atoms with Crippen LogP contribution in [0.1, 0.15) is 10.4 Å². The number of hydrogen-bond donors (Lipinski definition) is 1. The number of hydrogen-bond acceptors (Lipinski definition) is 3. The lowest BCUT2D eigenvalue weighted by Gasteiger charge is -2.05. The summed E-state index contributed by atoms with van der Waals surface area (Å²) in [5.41, 5.74) is 2.53. The van der Waals surface area contributed by atoms with E-state index in [4.69, 9.17) is 16.0 Å². The predicted molar refractivity (Wildman–Crippen MR) is 73.4 cm³/mol. The molecule has 1 heterocycles. The van der Waals surface area contributed by atoms with Crippen molar-refractivity contribution >= 4 is 34.3 Å². The lowest BCUT2D eigenvalue weighted by atomic mass is 10.2. The van der Waals surface area contributed by atoms with Crippen LogP contribution in [0.15, 0.2) is 53.3 Å². The van der Waals surface area contributed by atoms with Crippen LogP contribution in [0.2, 0.25) is 5.02 Å². The number of carbonyl (C=O) groups excluding carboxylic acids is 1. The Labute approximate surface area is 114 Å². The molecule has 0 unspecified atom stereocenters. The third-order valence-corrected chi connectivity index (χ3v) is 2.95. The SMILES string of the molecule is O=C(Nc1ccc(Cl)cc1)c1ccc2ocnc2c1. The highest BCUT2D eigenvalue weighted by Crippen LogP contribution is 2.17. The van der Waals surface area contributed by atoms with E-state index < -0.39 is 0 Å². The molecule has 2 aromatic carbocycles. The van der Waals surface area contributed by atoms with Crippen LogP contribution in [0.3, 0.4) is 0 Å². The van der Waals surface area contributed by atoms with Crippen molar-refractivity contribution in [3.63, 3.8) is 0 Å². The molecule has 5 heteroatoms. The number of halogens is 1. The van der Waals surface area contributed by atoms with Crippen molar-refractivity contribution in [1.29, 1.82) is 0 Å². The van der Waals surface area contributed by atoms with Gasteiger partial charge in [-0.15, -0.1) is 0 Å². The third kappa shape index (κ3) is 2.44. The average molecular weight is 273 g/mol. The van der Waals surface area contributed by atoms with Crippen molar-refractivity contribution in [3.05, 3.63) is 59.4 Å². The summed E-state index contributed by atoms with van der Waals surface area (Å²) in [6.45, 7) is 0. The van der Waals surface area contributed by atoms with E-state index in [0.29, 0.717) is 27.4 Å². The second-order valence-corrected chi connectivity index (χ2v) is 4.43. The van der Waals surface area contributed by atoms with Gasteiger partial charge in [0.05, 0.1) is 0 Å². The van der Waals surface area contributed by atoms with Crippen LogP contribution >= 0.6 is 11.6 Å². The van der Waals surface area contributed by atoms with Crippen molar-refractivity contribution in [2.45, 2.75) is 0 Å². The number of fused-ring (bicyclic) bond motifs is 1. The third-order valence-electron chi connectivity index (χ3n) is 2.69. The molecule has 0 aliphatic rings. The number of oxazole rings is 1.